The summed E-state index contributed by atoms with van der Waals surface area (Å²) >= 11 is 0. The number of hydrogen-bond donors (Lipinski definition) is 0. The van der Waals surface area contributed by atoms with Crippen molar-refractivity contribution in [3.05, 3.63) is 65.9 Å². The van der Waals surface area contributed by atoms with Gasteiger partial charge in [0, 0.05) is 23.2 Å². The zero-order valence-electron chi connectivity index (χ0n) is 16.9. The van der Waals surface area contributed by atoms with Gasteiger partial charge in [-0.25, -0.2) is 19.4 Å². The van der Waals surface area contributed by atoms with Crippen LogP contribution in [0.4, 0.5) is 0 Å². The smallest absolute Gasteiger partial charge is 0.339 e. The molecule has 5 rings (SSSR count). The highest BCUT2D eigenvalue weighted by Crippen LogP contribution is 2.40. The van der Waals surface area contributed by atoms with Crippen molar-refractivity contribution in [3.63, 3.8) is 0 Å². The van der Waals surface area contributed by atoms with Crippen molar-refractivity contribution >= 4 is 17.0 Å². The molecule has 0 saturated heterocycles. The minimum Gasteiger partial charge on any atom is -0.452 e. The highest BCUT2D eigenvalue weighted by molar-refractivity contribution is 6.02. The topological polar surface area (TPSA) is 83.0 Å². The van der Waals surface area contributed by atoms with Gasteiger partial charge in [-0.15, -0.1) is 0 Å². The summed E-state index contributed by atoms with van der Waals surface area (Å²) in [6, 6.07) is 11.7. The fourth-order valence-electron chi connectivity index (χ4n) is 3.49. The molecular weight excluding hydrogens is 380 g/mol. The van der Waals surface area contributed by atoms with Crippen LogP contribution in [-0.2, 0) is 11.3 Å². The molecule has 0 bridgehead atoms. The Labute approximate surface area is 173 Å². The second kappa shape index (κ2) is 7.40. The second-order valence-corrected chi connectivity index (χ2v) is 7.85. The Balaban J connectivity index is 1.39. The number of nitrogens with zero attached hydrogens (tertiary/aromatic N) is 4. The molecule has 152 valence electrons. The van der Waals surface area contributed by atoms with E-state index in [9.17, 15) is 4.79 Å². The Morgan fingerprint density at radius 2 is 2.03 bits per heavy atom. The van der Waals surface area contributed by atoms with Crippen molar-refractivity contribution < 1.29 is 13.9 Å². The number of pyridine rings is 1. The molecule has 0 unspecified atom stereocenters. The molecule has 3 heterocycles. The highest BCUT2D eigenvalue weighted by atomic mass is 16.5. The Kier molecular flexibility index (Phi) is 4.58. The molecule has 1 saturated carbocycles. The van der Waals surface area contributed by atoms with Crippen molar-refractivity contribution in [2.75, 3.05) is 0 Å². The minimum absolute atomic E-state index is 0.0352. The summed E-state index contributed by atoms with van der Waals surface area (Å²) in [4.78, 5) is 21.9. The van der Waals surface area contributed by atoms with E-state index in [0.29, 0.717) is 28.5 Å². The van der Waals surface area contributed by atoms with E-state index in [-0.39, 0.29) is 12.6 Å². The van der Waals surface area contributed by atoms with Crippen LogP contribution in [0.1, 0.15) is 60.6 Å². The fraction of sp³-hybridized carbons (Fsp3) is 0.304. The zero-order chi connectivity index (χ0) is 20.7. The van der Waals surface area contributed by atoms with Crippen LogP contribution in [-0.4, -0.2) is 25.7 Å². The molecule has 0 radical (unpaired) electrons. The van der Waals surface area contributed by atoms with E-state index >= 15 is 0 Å². The highest BCUT2D eigenvalue weighted by Gasteiger charge is 2.28. The number of oxazole rings is 1. The van der Waals surface area contributed by atoms with E-state index in [4.69, 9.17) is 14.1 Å². The van der Waals surface area contributed by atoms with Crippen molar-refractivity contribution in [2.45, 2.75) is 45.3 Å². The Bertz CT molecular complexity index is 1210. The van der Waals surface area contributed by atoms with Gasteiger partial charge in [0.15, 0.2) is 18.0 Å². The summed E-state index contributed by atoms with van der Waals surface area (Å²) < 4.78 is 13.1. The van der Waals surface area contributed by atoms with Crippen LogP contribution < -0.4 is 0 Å². The van der Waals surface area contributed by atoms with Crippen LogP contribution >= 0.6 is 0 Å². The van der Waals surface area contributed by atoms with E-state index < -0.39 is 5.97 Å². The first-order valence-corrected chi connectivity index (χ1v) is 10.2. The van der Waals surface area contributed by atoms with E-state index in [1.807, 2.05) is 54.9 Å². The second-order valence-electron chi connectivity index (χ2n) is 7.85. The van der Waals surface area contributed by atoms with Gasteiger partial charge in [0.05, 0.1) is 23.3 Å². The first kappa shape index (κ1) is 18.5. The molecule has 1 aliphatic rings. The predicted molar refractivity (Wildman–Crippen MR) is 111 cm³/mol. The average molecular weight is 402 g/mol. The van der Waals surface area contributed by atoms with Gasteiger partial charge in [-0.1, -0.05) is 30.3 Å². The van der Waals surface area contributed by atoms with E-state index in [1.165, 1.54) is 0 Å². The Morgan fingerprint density at radius 1 is 1.23 bits per heavy atom. The van der Waals surface area contributed by atoms with Crippen molar-refractivity contribution in [2.24, 2.45) is 0 Å². The first-order valence-electron chi connectivity index (χ1n) is 10.2. The maximum Gasteiger partial charge on any atom is 0.339 e. The van der Waals surface area contributed by atoms with Crippen molar-refractivity contribution in [3.8, 4) is 11.3 Å². The Morgan fingerprint density at radius 3 is 2.77 bits per heavy atom. The molecule has 0 atom stereocenters. The molecular formula is C23H22N4O3. The van der Waals surface area contributed by atoms with Gasteiger partial charge >= 0.3 is 5.97 Å². The van der Waals surface area contributed by atoms with Gasteiger partial charge in [0.2, 0.25) is 5.89 Å². The van der Waals surface area contributed by atoms with Crippen molar-refractivity contribution in [1.82, 2.24) is 19.7 Å². The van der Waals surface area contributed by atoms with Crippen molar-refractivity contribution in [1.29, 1.82) is 0 Å². The average Bonchev–Trinajstić information content (AvgIpc) is 3.34. The molecule has 0 spiro atoms. The van der Waals surface area contributed by atoms with Crippen LogP contribution in [0, 0.1) is 0 Å². The van der Waals surface area contributed by atoms with E-state index in [2.05, 4.69) is 10.1 Å². The zero-order valence-corrected chi connectivity index (χ0v) is 16.9. The largest absolute Gasteiger partial charge is 0.452 e. The number of ether oxygens (including phenoxy) is 1. The molecule has 7 heteroatoms. The molecule has 0 aliphatic heterocycles. The molecule has 7 nitrogen and oxygen atoms in total. The van der Waals surface area contributed by atoms with E-state index in [1.54, 1.807) is 12.4 Å². The lowest BCUT2D eigenvalue weighted by Crippen LogP contribution is -2.09. The number of benzene rings is 1. The Hall–Kier alpha value is -3.48. The van der Waals surface area contributed by atoms with Gasteiger partial charge in [-0.2, -0.15) is 5.10 Å². The van der Waals surface area contributed by atoms with Gasteiger partial charge in [-0.3, -0.25) is 0 Å². The van der Waals surface area contributed by atoms with Crippen LogP contribution in [0.5, 0.6) is 0 Å². The number of hydrogen-bond acceptors (Lipinski definition) is 6. The SMILES string of the molecule is CC(C)n1ncc2c(C(=O)OCc3ncc(-c4ccccc4)o3)cc(C3CC3)nc21. The summed E-state index contributed by atoms with van der Waals surface area (Å²) in [6.45, 7) is 4.05. The molecule has 0 N–H and O–H groups in total. The summed E-state index contributed by atoms with van der Waals surface area (Å²) in [5.74, 6) is 0.985. The molecule has 3 aromatic heterocycles. The normalized spacial score (nSPS) is 13.8. The van der Waals surface area contributed by atoms with Gasteiger partial charge < -0.3 is 9.15 Å². The third-order valence-electron chi connectivity index (χ3n) is 5.23. The predicted octanol–water partition coefficient (Wildman–Crippen LogP) is 4.90. The lowest BCUT2D eigenvalue weighted by Gasteiger charge is -2.10. The molecule has 1 fully saturated rings. The van der Waals surface area contributed by atoms with Gasteiger partial charge in [0.1, 0.15) is 0 Å². The summed E-state index contributed by atoms with van der Waals surface area (Å²) in [5, 5.41) is 5.13. The number of carbonyl (C=O) groups excluding carboxylic acids is 1. The lowest BCUT2D eigenvalue weighted by atomic mass is 10.1. The minimum atomic E-state index is -0.424. The maximum atomic E-state index is 12.9. The number of carbonyl (C=O) groups is 1. The molecule has 0 amide bonds. The monoisotopic (exact) mass is 402 g/mol. The third kappa shape index (κ3) is 3.47. The molecule has 30 heavy (non-hydrogen) atoms. The summed E-state index contributed by atoms with van der Waals surface area (Å²) in [6.07, 6.45) is 5.53. The standard InChI is InChI=1S/C23H22N4O3/c1-14(2)27-22-18(11-25-27)17(10-19(26-22)15-8-9-15)23(28)29-13-21-24-12-20(30-21)16-6-4-3-5-7-16/h3-7,10-12,14-15H,8-9,13H2,1-2H3. The first-order chi connectivity index (χ1) is 14.6. The molecule has 1 aromatic carbocycles. The van der Waals surface area contributed by atoms with Crippen LogP contribution in [0.2, 0.25) is 0 Å². The maximum absolute atomic E-state index is 12.9. The molecule has 4 aromatic rings. The number of aromatic nitrogens is 4. The fourth-order valence-corrected chi connectivity index (χ4v) is 3.49. The quantitative estimate of drug-likeness (QED) is 0.427. The van der Waals surface area contributed by atoms with Crippen LogP contribution in [0.15, 0.2) is 53.2 Å². The number of rotatable bonds is 6. The van der Waals surface area contributed by atoms with Gasteiger partial charge in [-0.05, 0) is 32.8 Å². The number of fused-ring (bicyclic) bond motifs is 1. The van der Waals surface area contributed by atoms with Crippen LogP contribution in [0.3, 0.4) is 0 Å². The summed E-state index contributed by atoms with van der Waals surface area (Å²) in [7, 11) is 0. The van der Waals surface area contributed by atoms with E-state index in [0.717, 1.165) is 29.7 Å². The van der Waals surface area contributed by atoms with Crippen LogP contribution in [0.25, 0.3) is 22.4 Å². The number of esters is 1. The third-order valence-corrected chi connectivity index (χ3v) is 5.23. The molecule has 1 aliphatic carbocycles. The lowest BCUT2D eigenvalue weighted by molar-refractivity contribution is 0.0441. The van der Waals surface area contributed by atoms with Gasteiger partial charge in [0.25, 0.3) is 0 Å². The summed E-state index contributed by atoms with van der Waals surface area (Å²) in [5.41, 5.74) is 3.07.